The fourth-order valence-corrected chi connectivity index (χ4v) is 2.22. The van der Waals surface area contributed by atoms with E-state index in [0.29, 0.717) is 0 Å². The van der Waals surface area contributed by atoms with Crippen molar-refractivity contribution in [3.8, 4) is 5.75 Å². The van der Waals surface area contributed by atoms with Crippen LogP contribution in [0.2, 0.25) is 0 Å². The molecule has 5 heteroatoms. The SMILES string of the molecule is COc1cccc(C(CNCc2cncnc2)N(C)C)c1. The number of hydrogen-bond donors (Lipinski definition) is 1. The second kappa shape index (κ2) is 7.71. The molecule has 0 bridgehead atoms. The Bertz CT molecular complexity index is 545. The third kappa shape index (κ3) is 4.51. The van der Waals surface area contributed by atoms with Crippen LogP contribution in [0.4, 0.5) is 0 Å². The lowest BCUT2D eigenvalue weighted by Crippen LogP contribution is -2.30. The highest BCUT2D eigenvalue weighted by atomic mass is 16.5. The Kier molecular flexibility index (Phi) is 5.66. The lowest BCUT2D eigenvalue weighted by Gasteiger charge is -2.25. The number of ether oxygens (including phenoxy) is 1. The van der Waals surface area contributed by atoms with Gasteiger partial charge in [-0.05, 0) is 31.8 Å². The Balaban J connectivity index is 1.99. The topological polar surface area (TPSA) is 50.3 Å². The summed E-state index contributed by atoms with van der Waals surface area (Å²) in [7, 11) is 5.85. The Morgan fingerprint density at radius 2 is 2.00 bits per heavy atom. The van der Waals surface area contributed by atoms with Gasteiger partial charge in [0.15, 0.2) is 0 Å². The molecule has 0 spiro atoms. The summed E-state index contributed by atoms with van der Waals surface area (Å²) in [5.41, 5.74) is 2.32. The van der Waals surface area contributed by atoms with E-state index in [9.17, 15) is 0 Å². The number of likely N-dealkylation sites (N-methyl/N-ethyl adjacent to an activating group) is 1. The Labute approximate surface area is 126 Å². The molecule has 1 unspecified atom stereocenters. The highest BCUT2D eigenvalue weighted by Crippen LogP contribution is 2.22. The fourth-order valence-electron chi connectivity index (χ4n) is 2.22. The highest BCUT2D eigenvalue weighted by Gasteiger charge is 2.14. The molecule has 1 atom stereocenters. The number of methoxy groups -OCH3 is 1. The number of nitrogens with one attached hydrogen (secondary N) is 1. The maximum Gasteiger partial charge on any atom is 0.119 e. The Morgan fingerprint density at radius 3 is 2.67 bits per heavy atom. The molecule has 0 aliphatic rings. The van der Waals surface area contributed by atoms with Crippen LogP contribution in [0.15, 0.2) is 43.0 Å². The molecule has 1 aromatic heterocycles. The predicted octanol–water partition coefficient (Wildman–Crippen LogP) is 1.88. The summed E-state index contributed by atoms with van der Waals surface area (Å²) >= 11 is 0. The van der Waals surface area contributed by atoms with E-state index in [1.807, 2.05) is 24.5 Å². The second-order valence-corrected chi connectivity index (χ2v) is 5.13. The largest absolute Gasteiger partial charge is 0.497 e. The minimum absolute atomic E-state index is 0.282. The summed E-state index contributed by atoms with van der Waals surface area (Å²) in [6, 6.07) is 8.48. The zero-order valence-electron chi connectivity index (χ0n) is 12.8. The van der Waals surface area contributed by atoms with E-state index in [4.69, 9.17) is 4.74 Å². The first-order valence-corrected chi connectivity index (χ1v) is 6.95. The zero-order valence-corrected chi connectivity index (χ0v) is 12.8. The van der Waals surface area contributed by atoms with Gasteiger partial charge in [0.1, 0.15) is 12.1 Å². The van der Waals surface area contributed by atoms with Crippen molar-refractivity contribution in [2.75, 3.05) is 27.7 Å². The van der Waals surface area contributed by atoms with Crippen molar-refractivity contribution in [2.45, 2.75) is 12.6 Å². The van der Waals surface area contributed by atoms with Crippen molar-refractivity contribution in [3.05, 3.63) is 54.1 Å². The molecule has 2 aromatic rings. The molecule has 2 rings (SSSR count). The molecule has 1 aromatic carbocycles. The lowest BCUT2D eigenvalue weighted by atomic mass is 10.1. The first kappa shape index (κ1) is 15.4. The lowest BCUT2D eigenvalue weighted by molar-refractivity contribution is 0.287. The van der Waals surface area contributed by atoms with Crippen LogP contribution in [0.3, 0.4) is 0 Å². The number of benzene rings is 1. The Morgan fingerprint density at radius 1 is 1.24 bits per heavy atom. The third-order valence-electron chi connectivity index (χ3n) is 3.38. The monoisotopic (exact) mass is 286 g/mol. The molecule has 0 aliphatic heterocycles. The molecule has 0 aliphatic carbocycles. The molecule has 0 fully saturated rings. The van der Waals surface area contributed by atoms with Gasteiger partial charge >= 0.3 is 0 Å². The summed E-state index contributed by atoms with van der Waals surface area (Å²) in [4.78, 5) is 10.2. The van der Waals surface area contributed by atoms with E-state index >= 15 is 0 Å². The first-order chi connectivity index (χ1) is 10.2. The van der Waals surface area contributed by atoms with Gasteiger partial charge in [-0.1, -0.05) is 12.1 Å². The van der Waals surface area contributed by atoms with E-state index in [1.54, 1.807) is 13.4 Å². The van der Waals surface area contributed by atoms with E-state index in [0.717, 1.165) is 24.4 Å². The van der Waals surface area contributed by atoms with Crippen molar-refractivity contribution in [2.24, 2.45) is 0 Å². The van der Waals surface area contributed by atoms with Crippen molar-refractivity contribution in [1.29, 1.82) is 0 Å². The fraction of sp³-hybridized carbons (Fsp3) is 0.375. The van der Waals surface area contributed by atoms with Gasteiger partial charge in [0, 0.05) is 37.1 Å². The maximum atomic E-state index is 5.30. The minimum atomic E-state index is 0.282. The van der Waals surface area contributed by atoms with Crippen LogP contribution in [-0.2, 0) is 6.54 Å². The molecule has 21 heavy (non-hydrogen) atoms. The van der Waals surface area contributed by atoms with Crippen LogP contribution in [0.1, 0.15) is 17.2 Å². The molecule has 112 valence electrons. The van der Waals surface area contributed by atoms with Gasteiger partial charge in [0.05, 0.1) is 7.11 Å². The van der Waals surface area contributed by atoms with Gasteiger partial charge in [-0.25, -0.2) is 9.97 Å². The average Bonchev–Trinajstić information content (AvgIpc) is 2.52. The van der Waals surface area contributed by atoms with Gasteiger partial charge in [-0.2, -0.15) is 0 Å². The average molecular weight is 286 g/mol. The summed E-state index contributed by atoms with van der Waals surface area (Å²) < 4.78 is 5.30. The smallest absolute Gasteiger partial charge is 0.119 e. The summed E-state index contributed by atoms with van der Waals surface area (Å²) in [5, 5.41) is 3.46. The van der Waals surface area contributed by atoms with E-state index < -0.39 is 0 Å². The normalized spacial score (nSPS) is 12.4. The van der Waals surface area contributed by atoms with Gasteiger partial charge < -0.3 is 15.0 Å². The van der Waals surface area contributed by atoms with Gasteiger partial charge in [-0.3, -0.25) is 0 Å². The minimum Gasteiger partial charge on any atom is -0.497 e. The van der Waals surface area contributed by atoms with Crippen LogP contribution >= 0.6 is 0 Å². The van der Waals surface area contributed by atoms with Crippen molar-refractivity contribution in [1.82, 2.24) is 20.2 Å². The third-order valence-corrected chi connectivity index (χ3v) is 3.38. The van der Waals surface area contributed by atoms with Crippen LogP contribution in [-0.4, -0.2) is 42.6 Å². The van der Waals surface area contributed by atoms with Crippen molar-refractivity contribution >= 4 is 0 Å². The number of hydrogen-bond acceptors (Lipinski definition) is 5. The van der Waals surface area contributed by atoms with Gasteiger partial charge in [0.25, 0.3) is 0 Å². The van der Waals surface area contributed by atoms with E-state index in [2.05, 4.69) is 46.4 Å². The van der Waals surface area contributed by atoms with Gasteiger partial charge in [-0.15, -0.1) is 0 Å². The predicted molar refractivity (Wildman–Crippen MR) is 83.2 cm³/mol. The first-order valence-electron chi connectivity index (χ1n) is 6.95. The zero-order chi connectivity index (χ0) is 15.1. The molecular weight excluding hydrogens is 264 g/mol. The summed E-state index contributed by atoms with van der Waals surface area (Å²) in [6.45, 7) is 1.60. The summed E-state index contributed by atoms with van der Waals surface area (Å²) in [6.07, 6.45) is 5.20. The van der Waals surface area contributed by atoms with Crippen LogP contribution in [0.5, 0.6) is 5.75 Å². The molecule has 1 N–H and O–H groups in total. The van der Waals surface area contributed by atoms with Crippen LogP contribution < -0.4 is 10.1 Å². The Hall–Kier alpha value is -1.98. The number of nitrogens with zero attached hydrogens (tertiary/aromatic N) is 3. The standard InChI is InChI=1S/C16H22N4O/c1-20(2)16(14-5-4-6-15(7-14)21-3)11-17-8-13-9-18-12-19-10-13/h4-7,9-10,12,16-17H,8,11H2,1-3H3. The number of rotatable bonds is 7. The molecular formula is C16H22N4O. The molecule has 0 amide bonds. The number of aromatic nitrogens is 2. The van der Waals surface area contributed by atoms with Crippen LogP contribution in [0, 0.1) is 0 Å². The highest BCUT2D eigenvalue weighted by molar-refractivity contribution is 5.30. The van der Waals surface area contributed by atoms with Crippen molar-refractivity contribution in [3.63, 3.8) is 0 Å². The molecule has 0 radical (unpaired) electrons. The summed E-state index contributed by atoms with van der Waals surface area (Å²) in [5.74, 6) is 0.885. The second-order valence-electron chi connectivity index (χ2n) is 5.13. The molecule has 5 nitrogen and oxygen atoms in total. The molecule has 0 saturated heterocycles. The molecule has 1 heterocycles. The maximum absolute atomic E-state index is 5.30. The van der Waals surface area contributed by atoms with Crippen molar-refractivity contribution < 1.29 is 4.74 Å². The van der Waals surface area contributed by atoms with E-state index in [1.165, 1.54) is 5.56 Å². The molecule has 0 saturated carbocycles. The van der Waals surface area contributed by atoms with Crippen LogP contribution in [0.25, 0.3) is 0 Å². The quantitative estimate of drug-likeness (QED) is 0.842. The van der Waals surface area contributed by atoms with Gasteiger partial charge in [0.2, 0.25) is 0 Å². The van der Waals surface area contributed by atoms with E-state index in [-0.39, 0.29) is 6.04 Å².